The maximum atomic E-state index is 11.8. The molecule has 0 radical (unpaired) electrons. The largest absolute Gasteiger partial charge is 0.298 e. The molecule has 18 heavy (non-hydrogen) atoms. The second kappa shape index (κ2) is 5.60. The second-order valence-corrected chi connectivity index (χ2v) is 5.19. The van der Waals surface area contributed by atoms with Gasteiger partial charge in [-0.3, -0.25) is 10.1 Å². The minimum absolute atomic E-state index is 0.147. The quantitative estimate of drug-likeness (QED) is 0.856. The number of benzene rings is 1. The number of carbonyl (C=O) groups is 1. The molecule has 0 bridgehead atoms. The first-order valence-corrected chi connectivity index (χ1v) is 6.44. The first kappa shape index (κ1) is 12.5. The van der Waals surface area contributed by atoms with Crippen LogP contribution in [0.3, 0.4) is 0 Å². The van der Waals surface area contributed by atoms with E-state index in [1.54, 1.807) is 12.3 Å². The summed E-state index contributed by atoms with van der Waals surface area (Å²) in [5.41, 5.74) is 1.98. The lowest BCUT2D eigenvalue weighted by molar-refractivity contribution is -0.111. The minimum Gasteiger partial charge on any atom is -0.298 e. The summed E-state index contributed by atoms with van der Waals surface area (Å²) in [5, 5.41) is 3.39. The molecule has 0 aliphatic rings. The van der Waals surface area contributed by atoms with Crippen molar-refractivity contribution < 1.29 is 4.79 Å². The molecule has 0 saturated carbocycles. The topological polar surface area (TPSA) is 42.0 Å². The molecular weight excluding hydrogens is 244 g/mol. The number of nitrogens with zero attached hydrogens (tertiary/aromatic N) is 1. The Bertz CT molecular complexity index is 572. The van der Waals surface area contributed by atoms with Gasteiger partial charge in [0.15, 0.2) is 5.13 Å². The van der Waals surface area contributed by atoms with Crippen LogP contribution in [0.1, 0.15) is 17.4 Å². The predicted octanol–water partition coefficient (Wildman–Crippen LogP) is 3.49. The highest BCUT2D eigenvalue weighted by Crippen LogP contribution is 2.17. The van der Waals surface area contributed by atoms with E-state index in [4.69, 9.17) is 0 Å². The van der Waals surface area contributed by atoms with Crippen LogP contribution in [0.25, 0.3) is 5.57 Å². The number of anilines is 1. The highest BCUT2D eigenvalue weighted by atomic mass is 32.1. The first-order valence-electron chi connectivity index (χ1n) is 5.62. The fourth-order valence-corrected chi connectivity index (χ4v) is 2.20. The summed E-state index contributed by atoms with van der Waals surface area (Å²) < 4.78 is 0. The number of hydrogen-bond donors (Lipinski definition) is 1. The molecule has 0 saturated heterocycles. The number of hydrogen-bond acceptors (Lipinski definition) is 3. The van der Waals surface area contributed by atoms with Crippen LogP contribution in [0.4, 0.5) is 5.13 Å². The molecule has 4 heteroatoms. The number of amides is 1. The fourth-order valence-electron chi connectivity index (χ4n) is 1.54. The van der Waals surface area contributed by atoms with Gasteiger partial charge in [0.2, 0.25) is 5.91 Å². The van der Waals surface area contributed by atoms with Crippen molar-refractivity contribution in [2.45, 2.75) is 13.8 Å². The molecular formula is C14H14N2OS. The van der Waals surface area contributed by atoms with Crippen LogP contribution in [-0.4, -0.2) is 10.9 Å². The van der Waals surface area contributed by atoms with Crippen LogP contribution >= 0.6 is 11.3 Å². The number of nitrogens with one attached hydrogen (secondary N) is 1. The molecule has 3 nitrogen and oxygen atoms in total. The molecule has 92 valence electrons. The first-order chi connectivity index (χ1) is 8.65. The van der Waals surface area contributed by atoms with E-state index in [9.17, 15) is 4.79 Å². The second-order valence-electron chi connectivity index (χ2n) is 3.96. The molecule has 0 aliphatic carbocycles. The minimum atomic E-state index is -0.147. The maximum absolute atomic E-state index is 11.8. The summed E-state index contributed by atoms with van der Waals surface area (Å²) in [6.45, 7) is 3.88. The highest BCUT2D eigenvalue weighted by Gasteiger charge is 2.03. The zero-order valence-corrected chi connectivity index (χ0v) is 11.1. The normalized spacial score (nSPS) is 11.3. The molecule has 0 unspecified atom stereocenters. The van der Waals surface area contributed by atoms with Crippen LogP contribution < -0.4 is 5.32 Å². The van der Waals surface area contributed by atoms with Crippen molar-refractivity contribution in [1.82, 2.24) is 4.98 Å². The standard InChI is InChI=1S/C14H14N2OS/c1-10(12-6-4-3-5-7-12)8-13(17)16-14-15-9-11(2)18-14/h3-9H,1-2H3,(H,15,16,17)/b10-8-. The maximum Gasteiger partial charge on any atom is 0.250 e. The SMILES string of the molecule is C/C(=C/C(=O)Nc1ncc(C)s1)c1ccccc1. The molecule has 2 aromatic rings. The van der Waals surface area contributed by atoms with Gasteiger partial charge in [0, 0.05) is 17.2 Å². The van der Waals surface area contributed by atoms with E-state index in [2.05, 4.69) is 10.3 Å². The van der Waals surface area contributed by atoms with Gasteiger partial charge in [-0.05, 0) is 25.0 Å². The molecule has 1 aromatic heterocycles. The van der Waals surface area contributed by atoms with Crippen molar-refractivity contribution in [3.8, 4) is 0 Å². The fraction of sp³-hybridized carbons (Fsp3) is 0.143. The Labute approximate surface area is 110 Å². The van der Waals surface area contributed by atoms with E-state index in [-0.39, 0.29) is 5.91 Å². The van der Waals surface area contributed by atoms with E-state index < -0.39 is 0 Å². The monoisotopic (exact) mass is 258 g/mol. The van der Waals surface area contributed by atoms with E-state index in [1.807, 2.05) is 44.2 Å². The zero-order valence-electron chi connectivity index (χ0n) is 10.3. The molecule has 1 N–H and O–H groups in total. The van der Waals surface area contributed by atoms with Crippen LogP contribution in [0.2, 0.25) is 0 Å². The number of carbonyl (C=O) groups excluding carboxylic acids is 1. The number of allylic oxidation sites excluding steroid dienone is 1. The Morgan fingerprint density at radius 2 is 2.06 bits per heavy atom. The molecule has 1 heterocycles. The number of thiazole rings is 1. The summed E-state index contributed by atoms with van der Waals surface area (Å²) in [6.07, 6.45) is 3.33. The van der Waals surface area contributed by atoms with Gasteiger partial charge in [-0.1, -0.05) is 30.3 Å². The summed E-state index contributed by atoms with van der Waals surface area (Å²) in [7, 11) is 0. The van der Waals surface area contributed by atoms with Gasteiger partial charge in [-0.25, -0.2) is 4.98 Å². The Hall–Kier alpha value is -1.94. The predicted molar refractivity (Wildman–Crippen MR) is 75.6 cm³/mol. The third kappa shape index (κ3) is 3.28. The molecule has 0 aliphatic heterocycles. The third-order valence-corrected chi connectivity index (χ3v) is 3.26. The molecule has 0 spiro atoms. The Morgan fingerprint density at radius 1 is 1.33 bits per heavy atom. The Balaban J connectivity index is 2.06. The summed E-state index contributed by atoms with van der Waals surface area (Å²) in [5.74, 6) is -0.147. The van der Waals surface area contributed by atoms with Crippen LogP contribution in [0.5, 0.6) is 0 Å². The lowest BCUT2D eigenvalue weighted by atomic mass is 10.1. The van der Waals surface area contributed by atoms with Gasteiger partial charge in [-0.2, -0.15) is 0 Å². The van der Waals surface area contributed by atoms with Gasteiger partial charge in [0.25, 0.3) is 0 Å². The molecule has 1 aromatic carbocycles. The van der Waals surface area contributed by atoms with Crippen molar-refractivity contribution in [1.29, 1.82) is 0 Å². The lowest BCUT2D eigenvalue weighted by Crippen LogP contribution is -2.08. The van der Waals surface area contributed by atoms with Crippen LogP contribution in [0, 0.1) is 6.92 Å². The number of aryl methyl sites for hydroxylation is 1. The molecule has 1 amide bonds. The molecule has 0 fully saturated rings. The van der Waals surface area contributed by atoms with Gasteiger partial charge in [0.05, 0.1) is 0 Å². The smallest absolute Gasteiger partial charge is 0.250 e. The average molecular weight is 258 g/mol. The van der Waals surface area contributed by atoms with Crippen molar-refractivity contribution in [2.24, 2.45) is 0 Å². The average Bonchev–Trinajstić information content (AvgIpc) is 2.75. The van der Waals surface area contributed by atoms with Crippen molar-refractivity contribution in [2.75, 3.05) is 5.32 Å². The summed E-state index contributed by atoms with van der Waals surface area (Å²) in [4.78, 5) is 17.0. The zero-order chi connectivity index (χ0) is 13.0. The Kier molecular flexibility index (Phi) is 3.89. The van der Waals surface area contributed by atoms with E-state index in [0.717, 1.165) is 16.0 Å². The van der Waals surface area contributed by atoms with Gasteiger partial charge >= 0.3 is 0 Å². The van der Waals surface area contributed by atoms with Crippen molar-refractivity contribution in [3.05, 3.63) is 53.0 Å². The van der Waals surface area contributed by atoms with E-state index in [0.29, 0.717) is 5.13 Å². The van der Waals surface area contributed by atoms with Gasteiger partial charge in [0.1, 0.15) is 0 Å². The molecule has 0 atom stereocenters. The van der Waals surface area contributed by atoms with Gasteiger partial charge in [-0.15, -0.1) is 11.3 Å². The van der Waals surface area contributed by atoms with E-state index in [1.165, 1.54) is 11.3 Å². The highest BCUT2D eigenvalue weighted by molar-refractivity contribution is 7.15. The summed E-state index contributed by atoms with van der Waals surface area (Å²) >= 11 is 1.47. The van der Waals surface area contributed by atoms with Crippen molar-refractivity contribution >= 4 is 27.9 Å². The Morgan fingerprint density at radius 3 is 2.67 bits per heavy atom. The third-order valence-electron chi connectivity index (χ3n) is 2.43. The lowest BCUT2D eigenvalue weighted by Gasteiger charge is -2.01. The number of rotatable bonds is 3. The number of aromatic nitrogens is 1. The van der Waals surface area contributed by atoms with Crippen LogP contribution in [0.15, 0.2) is 42.6 Å². The van der Waals surface area contributed by atoms with E-state index >= 15 is 0 Å². The summed E-state index contributed by atoms with van der Waals surface area (Å²) in [6, 6.07) is 9.82. The molecule has 2 rings (SSSR count). The van der Waals surface area contributed by atoms with Crippen LogP contribution in [-0.2, 0) is 4.79 Å². The van der Waals surface area contributed by atoms with Crippen molar-refractivity contribution in [3.63, 3.8) is 0 Å². The van der Waals surface area contributed by atoms with Gasteiger partial charge < -0.3 is 0 Å².